The van der Waals surface area contributed by atoms with Crippen LogP contribution >= 0.6 is 0 Å². The van der Waals surface area contributed by atoms with Crippen LogP contribution in [0.2, 0.25) is 0 Å². The lowest BCUT2D eigenvalue weighted by Gasteiger charge is -2.18. The molecule has 0 aromatic rings. The molecule has 0 N–H and O–H groups in total. The predicted octanol–water partition coefficient (Wildman–Crippen LogP) is 17.7. The fourth-order valence-electron chi connectivity index (χ4n) is 7.76. The number of rotatable bonds is 49. The summed E-state index contributed by atoms with van der Waals surface area (Å²) in [6.07, 6.45) is 59.8. The van der Waals surface area contributed by atoms with Gasteiger partial charge in [-0.1, -0.05) is 224 Å². The van der Waals surface area contributed by atoms with E-state index in [9.17, 15) is 14.4 Å². The Balaban J connectivity index is 4.38. The molecule has 0 aliphatic heterocycles. The molecule has 6 heteroatoms. The van der Waals surface area contributed by atoms with Crippen molar-refractivity contribution < 1.29 is 28.6 Å². The first-order valence-electron chi connectivity index (χ1n) is 27.0. The Morgan fingerprint density at radius 2 is 0.581 bits per heavy atom. The Bertz CT molecular complexity index is 1050. The monoisotopic (exact) mass is 871 g/mol. The second-order valence-electron chi connectivity index (χ2n) is 18.1. The lowest BCUT2D eigenvalue weighted by molar-refractivity contribution is -0.167. The zero-order valence-electron chi connectivity index (χ0n) is 41.4. The summed E-state index contributed by atoms with van der Waals surface area (Å²) >= 11 is 0. The Labute approximate surface area is 385 Å². The van der Waals surface area contributed by atoms with Gasteiger partial charge >= 0.3 is 17.9 Å². The van der Waals surface area contributed by atoms with Crippen molar-refractivity contribution in [3.05, 3.63) is 36.5 Å². The molecule has 0 saturated carbocycles. The number of esters is 3. The van der Waals surface area contributed by atoms with Gasteiger partial charge in [-0.3, -0.25) is 14.4 Å². The number of ether oxygens (including phenoxy) is 3. The third-order valence-corrected chi connectivity index (χ3v) is 11.9. The Morgan fingerprint density at radius 1 is 0.323 bits per heavy atom. The van der Waals surface area contributed by atoms with Crippen LogP contribution in [0.15, 0.2) is 36.5 Å². The van der Waals surface area contributed by atoms with E-state index in [1.165, 1.54) is 161 Å². The zero-order valence-corrected chi connectivity index (χ0v) is 41.4. The average Bonchev–Trinajstić information content (AvgIpc) is 3.27. The molecule has 62 heavy (non-hydrogen) atoms. The fourth-order valence-corrected chi connectivity index (χ4v) is 7.76. The van der Waals surface area contributed by atoms with Gasteiger partial charge in [0.25, 0.3) is 0 Å². The van der Waals surface area contributed by atoms with E-state index in [1.807, 2.05) is 0 Å². The molecule has 0 heterocycles. The predicted molar refractivity (Wildman–Crippen MR) is 266 cm³/mol. The molecule has 1 atom stereocenters. The minimum Gasteiger partial charge on any atom is -0.462 e. The highest BCUT2D eigenvalue weighted by molar-refractivity contribution is 5.71. The van der Waals surface area contributed by atoms with Crippen LogP contribution in [0.1, 0.15) is 284 Å². The summed E-state index contributed by atoms with van der Waals surface area (Å²) in [5.74, 6) is -0.888. The average molecular weight is 871 g/mol. The minimum absolute atomic E-state index is 0.0770. The molecule has 0 spiro atoms. The third kappa shape index (κ3) is 48.7. The van der Waals surface area contributed by atoms with Gasteiger partial charge in [-0.05, 0) is 77.0 Å². The first-order valence-corrected chi connectivity index (χ1v) is 27.0. The summed E-state index contributed by atoms with van der Waals surface area (Å²) in [5.41, 5.74) is 0. The molecule has 0 bridgehead atoms. The number of allylic oxidation sites excluding steroid dienone is 6. The molecule has 362 valence electrons. The molecule has 0 aromatic heterocycles. The summed E-state index contributed by atoms with van der Waals surface area (Å²) in [5, 5.41) is 0. The number of hydrogen-bond acceptors (Lipinski definition) is 6. The van der Waals surface area contributed by atoms with Crippen LogP contribution in [0.5, 0.6) is 0 Å². The van der Waals surface area contributed by atoms with Crippen molar-refractivity contribution in [2.45, 2.75) is 290 Å². The molecule has 0 rings (SSSR count). The van der Waals surface area contributed by atoms with Gasteiger partial charge in [0.1, 0.15) is 13.2 Å². The molecule has 0 amide bonds. The van der Waals surface area contributed by atoms with Crippen LogP contribution in [-0.4, -0.2) is 37.2 Å². The van der Waals surface area contributed by atoms with E-state index in [4.69, 9.17) is 14.2 Å². The maximum atomic E-state index is 12.8. The first kappa shape index (κ1) is 59.6. The molecular weight excluding hydrogens is 769 g/mol. The Hall–Kier alpha value is -2.37. The van der Waals surface area contributed by atoms with Gasteiger partial charge in [-0.25, -0.2) is 0 Å². The minimum atomic E-state index is -0.778. The molecule has 0 aromatic carbocycles. The molecule has 0 aliphatic rings. The van der Waals surface area contributed by atoms with E-state index >= 15 is 0 Å². The standard InChI is InChI=1S/C56H102O6/c1-4-7-10-13-16-19-22-25-27-29-31-34-37-40-43-46-49-55(58)61-52-53(51-60-54(57)48-45-42-39-36-33-24-21-18-15-12-9-6-3)62-56(59)50-47-44-41-38-35-32-30-28-26-23-20-17-14-11-8-5-2/h19,22,27-30,53H,4-18,20-21,23-26,31-52H2,1-3H3/b22-19-,29-27-,30-28-. The van der Waals surface area contributed by atoms with Crippen LogP contribution in [0.25, 0.3) is 0 Å². The molecule has 0 radical (unpaired) electrons. The normalized spacial score (nSPS) is 12.2. The molecular formula is C56H102O6. The van der Waals surface area contributed by atoms with Crippen LogP contribution in [0.4, 0.5) is 0 Å². The van der Waals surface area contributed by atoms with Crippen molar-refractivity contribution in [1.82, 2.24) is 0 Å². The molecule has 1 unspecified atom stereocenters. The Kier molecular flexibility index (Phi) is 49.3. The van der Waals surface area contributed by atoms with Crippen molar-refractivity contribution >= 4 is 17.9 Å². The summed E-state index contributed by atoms with van der Waals surface area (Å²) in [7, 11) is 0. The third-order valence-electron chi connectivity index (χ3n) is 11.9. The summed E-state index contributed by atoms with van der Waals surface area (Å²) in [6.45, 7) is 6.62. The number of hydrogen-bond donors (Lipinski definition) is 0. The van der Waals surface area contributed by atoms with Gasteiger partial charge in [0.05, 0.1) is 0 Å². The Morgan fingerprint density at radius 3 is 0.919 bits per heavy atom. The molecule has 0 fully saturated rings. The van der Waals surface area contributed by atoms with Crippen molar-refractivity contribution in [2.75, 3.05) is 13.2 Å². The number of carbonyl (C=O) groups excluding carboxylic acids is 3. The van der Waals surface area contributed by atoms with E-state index in [-0.39, 0.29) is 31.1 Å². The highest BCUT2D eigenvalue weighted by atomic mass is 16.6. The maximum absolute atomic E-state index is 12.8. The summed E-state index contributed by atoms with van der Waals surface area (Å²) in [4.78, 5) is 38.0. The smallest absolute Gasteiger partial charge is 0.306 e. The maximum Gasteiger partial charge on any atom is 0.306 e. The second kappa shape index (κ2) is 51.3. The molecule has 6 nitrogen and oxygen atoms in total. The summed E-state index contributed by atoms with van der Waals surface area (Å²) in [6, 6.07) is 0. The quantitative estimate of drug-likeness (QED) is 0.0262. The highest BCUT2D eigenvalue weighted by Gasteiger charge is 2.19. The van der Waals surface area contributed by atoms with Crippen molar-refractivity contribution in [3.63, 3.8) is 0 Å². The lowest BCUT2D eigenvalue weighted by atomic mass is 10.0. The first-order chi connectivity index (χ1) is 30.5. The summed E-state index contributed by atoms with van der Waals surface area (Å²) < 4.78 is 16.8. The lowest BCUT2D eigenvalue weighted by Crippen LogP contribution is -2.30. The van der Waals surface area contributed by atoms with E-state index in [1.54, 1.807) is 0 Å². The topological polar surface area (TPSA) is 78.9 Å². The van der Waals surface area contributed by atoms with E-state index in [2.05, 4.69) is 57.2 Å². The van der Waals surface area contributed by atoms with Gasteiger partial charge in [0, 0.05) is 19.3 Å². The second-order valence-corrected chi connectivity index (χ2v) is 18.1. The van der Waals surface area contributed by atoms with Gasteiger partial charge in [0.15, 0.2) is 6.10 Å². The van der Waals surface area contributed by atoms with E-state index in [0.717, 1.165) is 83.5 Å². The fraction of sp³-hybridized carbons (Fsp3) is 0.839. The zero-order chi connectivity index (χ0) is 45.1. The number of unbranched alkanes of at least 4 members (excludes halogenated alkanes) is 32. The number of carbonyl (C=O) groups is 3. The van der Waals surface area contributed by atoms with Crippen LogP contribution in [0, 0.1) is 0 Å². The van der Waals surface area contributed by atoms with Crippen molar-refractivity contribution in [2.24, 2.45) is 0 Å². The SMILES string of the molecule is CCCCCC/C=C\C/C=C\CCCCCCCC(=O)OCC(COC(=O)CCCCCCCCCCCCCC)OC(=O)CCCCCCC/C=C\CCCCCCCCC. The largest absolute Gasteiger partial charge is 0.462 e. The van der Waals surface area contributed by atoms with Gasteiger partial charge in [0.2, 0.25) is 0 Å². The van der Waals surface area contributed by atoms with Crippen LogP contribution in [-0.2, 0) is 28.6 Å². The van der Waals surface area contributed by atoms with Crippen molar-refractivity contribution in [3.8, 4) is 0 Å². The highest BCUT2D eigenvalue weighted by Crippen LogP contribution is 2.15. The van der Waals surface area contributed by atoms with E-state index < -0.39 is 6.10 Å². The van der Waals surface area contributed by atoms with Crippen molar-refractivity contribution in [1.29, 1.82) is 0 Å². The molecule has 0 saturated heterocycles. The van der Waals surface area contributed by atoms with Crippen LogP contribution < -0.4 is 0 Å². The van der Waals surface area contributed by atoms with Gasteiger partial charge in [-0.15, -0.1) is 0 Å². The molecule has 0 aliphatic carbocycles. The van der Waals surface area contributed by atoms with Gasteiger partial charge in [-0.2, -0.15) is 0 Å². The van der Waals surface area contributed by atoms with Crippen LogP contribution in [0.3, 0.4) is 0 Å². The van der Waals surface area contributed by atoms with E-state index in [0.29, 0.717) is 19.3 Å². The van der Waals surface area contributed by atoms with Gasteiger partial charge < -0.3 is 14.2 Å².